The average molecular weight is 274 g/mol. The highest BCUT2D eigenvalue weighted by atomic mass is 32.1. The summed E-state index contributed by atoms with van der Waals surface area (Å²) >= 11 is 4.82. The number of thiocarbonyl (C=S) groups is 1. The molecule has 0 bridgehead atoms. The van der Waals surface area contributed by atoms with Crippen molar-refractivity contribution in [2.45, 2.75) is 19.4 Å². The van der Waals surface area contributed by atoms with E-state index >= 15 is 0 Å². The Morgan fingerprint density at radius 1 is 1.42 bits per heavy atom. The second-order valence-corrected chi connectivity index (χ2v) is 4.80. The van der Waals surface area contributed by atoms with E-state index in [1.807, 2.05) is 13.0 Å². The fraction of sp³-hybridized carbons (Fsp3) is 0.231. The van der Waals surface area contributed by atoms with Crippen LogP contribution in [0.1, 0.15) is 23.7 Å². The molecule has 0 radical (unpaired) electrons. The van der Waals surface area contributed by atoms with E-state index in [0.717, 1.165) is 0 Å². The van der Waals surface area contributed by atoms with Gasteiger partial charge in [0.05, 0.1) is 16.1 Å². The summed E-state index contributed by atoms with van der Waals surface area (Å²) < 4.78 is 0. The number of nitrogens with zero attached hydrogens (tertiary/aromatic N) is 2. The monoisotopic (exact) mass is 274 g/mol. The van der Waals surface area contributed by atoms with Gasteiger partial charge in [-0.2, -0.15) is 0 Å². The molecule has 1 atom stereocenters. The standard InChI is InChI=1S/C13H14N4OS/c1-8(7-11(14)19)17-13(18)9-3-2-4-10-12(9)16-6-5-15-10/h2-6,8H,7H2,1H3,(H2,14,19)(H,17,18). The Morgan fingerprint density at radius 3 is 2.89 bits per heavy atom. The second kappa shape index (κ2) is 5.71. The Labute approximate surface area is 116 Å². The van der Waals surface area contributed by atoms with E-state index < -0.39 is 0 Å². The molecule has 0 saturated heterocycles. The molecule has 19 heavy (non-hydrogen) atoms. The maximum atomic E-state index is 12.2. The van der Waals surface area contributed by atoms with Crippen molar-refractivity contribution in [3.63, 3.8) is 0 Å². The van der Waals surface area contributed by atoms with Gasteiger partial charge in [0.1, 0.15) is 5.52 Å². The van der Waals surface area contributed by atoms with Crippen molar-refractivity contribution in [1.82, 2.24) is 15.3 Å². The Hall–Kier alpha value is -2.08. The van der Waals surface area contributed by atoms with Gasteiger partial charge < -0.3 is 11.1 Å². The first-order valence-corrected chi connectivity index (χ1v) is 6.27. The summed E-state index contributed by atoms with van der Waals surface area (Å²) in [6, 6.07) is 5.21. The predicted octanol–water partition coefficient (Wildman–Crippen LogP) is 1.42. The van der Waals surface area contributed by atoms with Crippen molar-refractivity contribution in [2.24, 2.45) is 5.73 Å². The molecule has 0 spiro atoms. The van der Waals surface area contributed by atoms with Crippen LogP contribution in [0.2, 0.25) is 0 Å². The molecule has 1 unspecified atom stereocenters. The summed E-state index contributed by atoms with van der Waals surface area (Å²) in [6.45, 7) is 1.86. The van der Waals surface area contributed by atoms with E-state index in [4.69, 9.17) is 18.0 Å². The molecule has 2 aromatic rings. The number of amides is 1. The van der Waals surface area contributed by atoms with Crippen LogP contribution in [0.5, 0.6) is 0 Å². The zero-order valence-electron chi connectivity index (χ0n) is 10.5. The van der Waals surface area contributed by atoms with Crippen molar-refractivity contribution in [3.05, 3.63) is 36.2 Å². The maximum absolute atomic E-state index is 12.2. The Bertz CT molecular complexity index is 624. The number of carbonyl (C=O) groups excluding carboxylic acids is 1. The van der Waals surface area contributed by atoms with Crippen LogP contribution < -0.4 is 11.1 Å². The summed E-state index contributed by atoms with van der Waals surface area (Å²) in [5.74, 6) is -0.199. The number of rotatable bonds is 4. The van der Waals surface area contributed by atoms with Crippen molar-refractivity contribution in [3.8, 4) is 0 Å². The molecule has 5 nitrogen and oxygen atoms in total. The lowest BCUT2D eigenvalue weighted by molar-refractivity contribution is 0.0943. The largest absolute Gasteiger partial charge is 0.393 e. The van der Waals surface area contributed by atoms with Crippen LogP contribution in [0.4, 0.5) is 0 Å². The molecule has 1 amide bonds. The number of hydrogen-bond acceptors (Lipinski definition) is 4. The molecule has 1 aromatic carbocycles. The van der Waals surface area contributed by atoms with Crippen molar-refractivity contribution in [2.75, 3.05) is 0 Å². The van der Waals surface area contributed by atoms with Crippen LogP contribution in [0.15, 0.2) is 30.6 Å². The van der Waals surface area contributed by atoms with E-state index in [2.05, 4.69) is 15.3 Å². The Balaban J connectivity index is 2.24. The Kier molecular flexibility index (Phi) is 4.01. The van der Waals surface area contributed by atoms with Gasteiger partial charge in [-0.25, -0.2) is 0 Å². The summed E-state index contributed by atoms with van der Waals surface area (Å²) in [5.41, 5.74) is 7.24. The van der Waals surface area contributed by atoms with E-state index in [1.165, 1.54) is 0 Å². The number of aromatic nitrogens is 2. The smallest absolute Gasteiger partial charge is 0.253 e. The van der Waals surface area contributed by atoms with E-state index in [9.17, 15) is 4.79 Å². The van der Waals surface area contributed by atoms with Gasteiger partial charge in [0.25, 0.3) is 5.91 Å². The SMILES string of the molecule is CC(CC(N)=S)NC(=O)c1cccc2nccnc12. The van der Waals surface area contributed by atoms with Gasteiger partial charge in [0.2, 0.25) is 0 Å². The molecule has 0 saturated carbocycles. The lowest BCUT2D eigenvalue weighted by Crippen LogP contribution is -2.35. The molecule has 1 heterocycles. The predicted molar refractivity (Wildman–Crippen MR) is 77.9 cm³/mol. The zero-order chi connectivity index (χ0) is 13.8. The van der Waals surface area contributed by atoms with Crippen molar-refractivity contribution < 1.29 is 4.79 Å². The number of hydrogen-bond donors (Lipinski definition) is 2. The summed E-state index contributed by atoms with van der Waals surface area (Å²) in [5, 5.41) is 2.85. The van der Waals surface area contributed by atoms with Crippen LogP contribution in [0, 0.1) is 0 Å². The lowest BCUT2D eigenvalue weighted by atomic mass is 10.1. The first kappa shape index (κ1) is 13.4. The zero-order valence-corrected chi connectivity index (χ0v) is 11.3. The van der Waals surface area contributed by atoms with Gasteiger partial charge in [-0.15, -0.1) is 0 Å². The highest BCUT2D eigenvalue weighted by Crippen LogP contribution is 2.13. The minimum atomic E-state index is -0.199. The highest BCUT2D eigenvalue weighted by Gasteiger charge is 2.14. The third-order valence-electron chi connectivity index (χ3n) is 2.63. The summed E-state index contributed by atoms with van der Waals surface area (Å²) in [4.78, 5) is 20.9. The minimum Gasteiger partial charge on any atom is -0.393 e. The molecule has 3 N–H and O–H groups in total. The molecule has 98 valence electrons. The van der Waals surface area contributed by atoms with Crippen LogP contribution in [0.3, 0.4) is 0 Å². The molecule has 2 rings (SSSR count). The molecule has 0 fully saturated rings. The number of nitrogens with one attached hydrogen (secondary N) is 1. The van der Waals surface area contributed by atoms with Crippen molar-refractivity contribution >= 4 is 34.1 Å². The first-order valence-electron chi connectivity index (χ1n) is 5.87. The van der Waals surface area contributed by atoms with Crippen LogP contribution in [0.25, 0.3) is 11.0 Å². The number of para-hydroxylation sites is 1. The van der Waals surface area contributed by atoms with Crippen molar-refractivity contribution in [1.29, 1.82) is 0 Å². The third-order valence-corrected chi connectivity index (χ3v) is 2.79. The molecule has 0 aliphatic carbocycles. The molecule has 1 aromatic heterocycles. The van der Waals surface area contributed by atoms with E-state index in [1.54, 1.807) is 24.5 Å². The minimum absolute atomic E-state index is 0.114. The summed E-state index contributed by atoms with van der Waals surface area (Å²) in [6.07, 6.45) is 3.63. The molecular weight excluding hydrogens is 260 g/mol. The van der Waals surface area contributed by atoms with Gasteiger partial charge >= 0.3 is 0 Å². The number of carbonyl (C=O) groups is 1. The second-order valence-electron chi connectivity index (χ2n) is 4.27. The Morgan fingerprint density at radius 2 is 2.16 bits per heavy atom. The van der Waals surface area contributed by atoms with Gasteiger partial charge in [-0.3, -0.25) is 14.8 Å². The number of benzene rings is 1. The van der Waals surface area contributed by atoms with Gasteiger partial charge in [0, 0.05) is 24.9 Å². The quantitative estimate of drug-likeness (QED) is 0.824. The fourth-order valence-electron chi connectivity index (χ4n) is 1.83. The fourth-order valence-corrected chi connectivity index (χ4v) is 2.08. The molecule has 6 heteroatoms. The van der Waals surface area contributed by atoms with Gasteiger partial charge in [-0.1, -0.05) is 18.3 Å². The average Bonchev–Trinajstić information content (AvgIpc) is 2.36. The lowest BCUT2D eigenvalue weighted by Gasteiger charge is -2.13. The maximum Gasteiger partial charge on any atom is 0.253 e. The number of fused-ring (bicyclic) bond motifs is 1. The van der Waals surface area contributed by atoms with Crippen LogP contribution in [-0.4, -0.2) is 26.9 Å². The number of nitrogens with two attached hydrogens (primary N) is 1. The highest BCUT2D eigenvalue weighted by molar-refractivity contribution is 7.80. The molecule has 0 aliphatic rings. The molecule has 0 aliphatic heterocycles. The van der Waals surface area contributed by atoms with Gasteiger partial charge in [0.15, 0.2) is 0 Å². The van der Waals surface area contributed by atoms with E-state index in [0.29, 0.717) is 28.0 Å². The third kappa shape index (κ3) is 3.23. The van der Waals surface area contributed by atoms with E-state index in [-0.39, 0.29) is 11.9 Å². The molecular formula is C13H14N4OS. The van der Waals surface area contributed by atoms with Gasteiger partial charge in [-0.05, 0) is 19.1 Å². The van der Waals surface area contributed by atoms with Crippen LogP contribution in [-0.2, 0) is 0 Å². The summed E-state index contributed by atoms with van der Waals surface area (Å²) in [7, 11) is 0. The van der Waals surface area contributed by atoms with Crippen LogP contribution >= 0.6 is 12.2 Å². The topological polar surface area (TPSA) is 80.9 Å². The first-order chi connectivity index (χ1) is 9.08. The normalized spacial score (nSPS) is 12.1.